The van der Waals surface area contributed by atoms with Crippen molar-refractivity contribution in [2.75, 3.05) is 0 Å². The lowest BCUT2D eigenvalue weighted by Crippen LogP contribution is -2.00. The van der Waals surface area contributed by atoms with Crippen molar-refractivity contribution < 1.29 is 4.39 Å². The van der Waals surface area contributed by atoms with Crippen molar-refractivity contribution >= 4 is 11.6 Å². The maximum atomic E-state index is 13.9. The summed E-state index contributed by atoms with van der Waals surface area (Å²) in [4.78, 5) is 0. The minimum atomic E-state index is -0.439. The first-order valence-electron chi connectivity index (χ1n) is 5.96. The van der Waals surface area contributed by atoms with Crippen LogP contribution in [0.5, 0.6) is 0 Å². The first-order valence-corrected chi connectivity index (χ1v) is 6.40. The average Bonchev–Trinajstić information content (AvgIpc) is 2.31. The zero-order valence-corrected chi connectivity index (χ0v) is 11.6. The van der Waals surface area contributed by atoms with Crippen molar-refractivity contribution in [3.63, 3.8) is 0 Å². The van der Waals surface area contributed by atoms with Gasteiger partial charge in [0.15, 0.2) is 0 Å². The standard InChI is InChI=1S/C16H16ClF/c1-10-4-6-12(3)14(8-10)16(17)13-7-5-11(2)9-15(13)18/h4-9,16H,1-3H3. The van der Waals surface area contributed by atoms with Crippen LogP contribution in [0.4, 0.5) is 4.39 Å². The lowest BCUT2D eigenvalue weighted by atomic mass is 9.97. The van der Waals surface area contributed by atoms with Gasteiger partial charge >= 0.3 is 0 Å². The van der Waals surface area contributed by atoms with Gasteiger partial charge in [0, 0.05) is 5.56 Å². The number of halogens is 2. The summed E-state index contributed by atoms with van der Waals surface area (Å²) in [5, 5.41) is -0.439. The molecular weight excluding hydrogens is 247 g/mol. The summed E-state index contributed by atoms with van der Waals surface area (Å²) in [5.41, 5.74) is 4.63. The van der Waals surface area contributed by atoms with Gasteiger partial charge in [0.25, 0.3) is 0 Å². The van der Waals surface area contributed by atoms with Crippen LogP contribution in [0.1, 0.15) is 33.2 Å². The fourth-order valence-corrected chi connectivity index (χ4v) is 2.45. The second-order valence-corrected chi connectivity index (χ2v) is 5.18. The lowest BCUT2D eigenvalue weighted by Gasteiger charge is -2.15. The molecule has 0 heterocycles. The quantitative estimate of drug-likeness (QED) is 0.662. The third kappa shape index (κ3) is 2.56. The van der Waals surface area contributed by atoms with Gasteiger partial charge < -0.3 is 0 Å². The van der Waals surface area contributed by atoms with Crippen LogP contribution in [0.25, 0.3) is 0 Å². The number of benzene rings is 2. The van der Waals surface area contributed by atoms with E-state index in [0.717, 1.165) is 22.3 Å². The fraction of sp³-hybridized carbons (Fsp3) is 0.250. The molecule has 1 unspecified atom stereocenters. The van der Waals surface area contributed by atoms with Crippen molar-refractivity contribution in [3.05, 3.63) is 70.0 Å². The number of hydrogen-bond acceptors (Lipinski definition) is 0. The summed E-state index contributed by atoms with van der Waals surface area (Å²) in [6.45, 7) is 5.88. The predicted molar refractivity (Wildman–Crippen MR) is 74.7 cm³/mol. The van der Waals surface area contributed by atoms with E-state index in [1.165, 1.54) is 6.07 Å². The minimum Gasteiger partial charge on any atom is -0.207 e. The molecule has 94 valence electrons. The van der Waals surface area contributed by atoms with Gasteiger partial charge in [-0.3, -0.25) is 0 Å². The highest BCUT2D eigenvalue weighted by atomic mass is 35.5. The Bertz CT molecular complexity index is 575. The molecular formula is C16H16ClF. The van der Waals surface area contributed by atoms with Gasteiger partial charge in [0.05, 0.1) is 5.38 Å². The summed E-state index contributed by atoms with van der Waals surface area (Å²) in [5.74, 6) is -0.240. The molecule has 0 aliphatic carbocycles. The summed E-state index contributed by atoms with van der Waals surface area (Å²) < 4.78 is 13.9. The van der Waals surface area contributed by atoms with E-state index in [0.29, 0.717) is 5.56 Å². The highest BCUT2D eigenvalue weighted by Crippen LogP contribution is 2.33. The second kappa shape index (κ2) is 5.11. The smallest absolute Gasteiger partial charge is 0.128 e. The summed E-state index contributed by atoms with van der Waals surface area (Å²) in [6, 6.07) is 11.3. The molecule has 18 heavy (non-hydrogen) atoms. The molecule has 0 saturated heterocycles. The van der Waals surface area contributed by atoms with Crippen LogP contribution in [0.15, 0.2) is 36.4 Å². The molecule has 0 aliphatic heterocycles. The Labute approximate surface area is 112 Å². The van der Waals surface area contributed by atoms with Crippen LogP contribution in [0, 0.1) is 26.6 Å². The highest BCUT2D eigenvalue weighted by molar-refractivity contribution is 6.22. The van der Waals surface area contributed by atoms with Crippen LogP contribution in [0.3, 0.4) is 0 Å². The van der Waals surface area contributed by atoms with Crippen LogP contribution in [0.2, 0.25) is 0 Å². The van der Waals surface area contributed by atoms with Gasteiger partial charge in [-0.05, 0) is 43.5 Å². The minimum absolute atomic E-state index is 0.240. The normalized spacial score (nSPS) is 12.5. The fourth-order valence-electron chi connectivity index (χ4n) is 2.04. The number of hydrogen-bond donors (Lipinski definition) is 0. The molecule has 0 radical (unpaired) electrons. The third-order valence-electron chi connectivity index (χ3n) is 3.14. The second-order valence-electron chi connectivity index (χ2n) is 4.75. The van der Waals surface area contributed by atoms with Crippen LogP contribution < -0.4 is 0 Å². The van der Waals surface area contributed by atoms with E-state index in [9.17, 15) is 4.39 Å². The molecule has 0 fully saturated rings. The molecule has 1 atom stereocenters. The van der Waals surface area contributed by atoms with Gasteiger partial charge in [-0.1, -0.05) is 35.9 Å². The summed E-state index contributed by atoms with van der Waals surface area (Å²) in [6.07, 6.45) is 0. The third-order valence-corrected chi connectivity index (χ3v) is 3.61. The number of aryl methyl sites for hydroxylation is 3. The molecule has 0 amide bonds. The molecule has 0 aromatic heterocycles. The predicted octanol–water partition coefficient (Wildman–Crippen LogP) is 5.08. The van der Waals surface area contributed by atoms with Gasteiger partial charge in [0.2, 0.25) is 0 Å². The summed E-state index contributed by atoms with van der Waals surface area (Å²) in [7, 11) is 0. The monoisotopic (exact) mass is 262 g/mol. The molecule has 0 N–H and O–H groups in total. The van der Waals surface area contributed by atoms with Crippen LogP contribution in [-0.2, 0) is 0 Å². The molecule has 2 aromatic rings. The average molecular weight is 263 g/mol. The Morgan fingerprint density at radius 3 is 2.17 bits per heavy atom. The molecule has 0 aliphatic rings. The van der Waals surface area contributed by atoms with Crippen molar-refractivity contribution in [2.45, 2.75) is 26.1 Å². The molecule has 2 aromatic carbocycles. The SMILES string of the molecule is Cc1ccc(C(Cl)c2cc(C)ccc2C)c(F)c1. The molecule has 0 spiro atoms. The van der Waals surface area contributed by atoms with Crippen molar-refractivity contribution in [2.24, 2.45) is 0 Å². The first-order chi connectivity index (χ1) is 8.49. The topological polar surface area (TPSA) is 0 Å². The Hall–Kier alpha value is -1.34. The van der Waals surface area contributed by atoms with E-state index >= 15 is 0 Å². The van der Waals surface area contributed by atoms with Crippen LogP contribution >= 0.6 is 11.6 Å². The van der Waals surface area contributed by atoms with Gasteiger partial charge in [-0.2, -0.15) is 0 Å². The Balaban J connectivity index is 2.47. The van der Waals surface area contributed by atoms with E-state index in [1.54, 1.807) is 6.07 Å². The van der Waals surface area contributed by atoms with E-state index in [1.807, 2.05) is 45.0 Å². The number of alkyl halides is 1. The van der Waals surface area contributed by atoms with E-state index in [-0.39, 0.29) is 5.82 Å². The largest absolute Gasteiger partial charge is 0.207 e. The van der Waals surface area contributed by atoms with Crippen LogP contribution in [-0.4, -0.2) is 0 Å². The number of rotatable bonds is 2. The summed E-state index contributed by atoms with van der Waals surface area (Å²) >= 11 is 6.43. The molecule has 0 nitrogen and oxygen atoms in total. The molecule has 0 saturated carbocycles. The van der Waals surface area contributed by atoms with Gasteiger partial charge in [-0.15, -0.1) is 11.6 Å². The first kappa shape index (κ1) is 13.1. The maximum absolute atomic E-state index is 13.9. The lowest BCUT2D eigenvalue weighted by molar-refractivity contribution is 0.611. The molecule has 2 rings (SSSR count). The van der Waals surface area contributed by atoms with Gasteiger partial charge in [0.1, 0.15) is 5.82 Å². The maximum Gasteiger partial charge on any atom is 0.128 e. The Morgan fingerprint density at radius 2 is 1.50 bits per heavy atom. The molecule has 0 bridgehead atoms. The Morgan fingerprint density at radius 1 is 0.889 bits per heavy atom. The molecule has 2 heteroatoms. The Kier molecular flexibility index (Phi) is 3.72. The zero-order chi connectivity index (χ0) is 13.3. The van der Waals surface area contributed by atoms with Crippen molar-refractivity contribution in [1.82, 2.24) is 0 Å². The van der Waals surface area contributed by atoms with Crippen molar-refractivity contribution in [1.29, 1.82) is 0 Å². The van der Waals surface area contributed by atoms with E-state index in [4.69, 9.17) is 11.6 Å². The van der Waals surface area contributed by atoms with E-state index in [2.05, 4.69) is 0 Å². The van der Waals surface area contributed by atoms with E-state index < -0.39 is 5.38 Å². The highest BCUT2D eigenvalue weighted by Gasteiger charge is 2.17. The van der Waals surface area contributed by atoms with Crippen molar-refractivity contribution in [3.8, 4) is 0 Å². The van der Waals surface area contributed by atoms with Gasteiger partial charge in [-0.25, -0.2) is 4.39 Å². The zero-order valence-electron chi connectivity index (χ0n) is 10.8.